The first-order valence-corrected chi connectivity index (χ1v) is 25.3. The Morgan fingerprint density at radius 1 is 0.424 bits per heavy atom. The second kappa shape index (κ2) is 49.9. The maximum Gasteiger partial charge on any atom is 0.220 e. The lowest BCUT2D eigenvalue weighted by Crippen LogP contribution is -2.45. The summed E-state index contributed by atoms with van der Waals surface area (Å²) in [6.07, 6.45) is 72.9. The van der Waals surface area contributed by atoms with Crippen LogP contribution in [0.25, 0.3) is 0 Å². The van der Waals surface area contributed by atoms with Gasteiger partial charge in [-0.1, -0.05) is 234 Å². The zero-order valence-electron chi connectivity index (χ0n) is 39.0. The van der Waals surface area contributed by atoms with Gasteiger partial charge in [-0.15, -0.1) is 0 Å². The summed E-state index contributed by atoms with van der Waals surface area (Å²) in [5, 5.41) is 23.0. The summed E-state index contributed by atoms with van der Waals surface area (Å²) in [5.41, 5.74) is 0. The molecule has 1 amide bonds. The van der Waals surface area contributed by atoms with Crippen LogP contribution in [-0.4, -0.2) is 34.9 Å². The molecule has 0 aliphatic carbocycles. The maximum atomic E-state index is 12.4. The number of amides is 1. The molecule has 0 saturated carbocycles. The number of unbranched alkanes of at least 4 members (excludes halogenated alkanes) is 26. The number of rotatable bonds is 45. The minimum atomic E-state index is -0.872. The van der Waals surface area contributed by atoms with E-state index >= 15 is 0 Å². The predicted molar refractivity (Wildman–Crippen MR) is 262 cm³/mol. The monoisotopic (exact) mass is 820 g/mol. The molecular weight excluding hydrogens is 723 g/mol. The van der Waals surface area contributed by atoms with Crippen molar-refractivity contribution in [2.45, 2.75) is 251 Å². The Balaban J connectivity index is 3.54. The minimum absolute atomic E-state index is 0.0790. The second-order valence-corrected chi connectivity index (χ2v) is 16.8. The number of hydrogen-bond donors (Lipinski definition) is 3. The van der Waals surface area contributed by atoms with E-state index in [1.54, 1.807) is 6.08 Å². The van der Waals surface area contributed by atoms with Crippen LogP contribution < -0.4 is 5.32 Å². The van der Waals surface area contributed by atoms with Crippen molar-refractivity contribution in [1.82, 2.24) is 5.32 Å². The van der Waals surface area contributed by atoms with E-state index in [0.29, 0.717) is 6.42 Å². The molecule has 0 aromatic carbocycles. The van der Waals surface area contributed by atoms with Crippen LogP contribution in [0.4, 0.5) is 0 Å². The summed E-state index contributed by atoms with van der Waals surface area (Å²) in [7, 11) is 0. The van der Waals surface area contributed by atoms with Crippen LogP contribution in [0.3, 0.4) is 0 Å². The van der Waals surface area contributed by atoms with Gasteiger partial charge < -0.3 is 15.5 Å². The van der Waals surface area contributed by atoms with Crippen molar-refractivity contribution in [3.05, 3.63) is 85.1 Å². The van der Waals surface area contributed by atoms with Gasteiger partial charge in [0.25, 0.3) is 0 Å². The molecular formula is C55H97NO3. The lowest BCUT2D eigenvalue weighted by molar-refractivity contribution is -0.123. The molecule has 0 rings (SSSR count). The molecule has 4 nitrogen and oxygen atoms in total. The Hall–Kier alpha value is -2.43. The van der Waals surface area contributed by atoms with Gasteiger partial charge >= 0.3 is 0 Å². The summed E-state index contributed by atoms with van der Waals surface area (Å²) in [4.78, 5) is 12.4. The molecule has 0 aromatic rings. The summed E-state index contributed by atoms with van der Waals surface area (Å²) >= 11 is 0. The van der Waals surface area contributed by atoms with Gasteiger partial charge in [0.1, 0.15) is 0 Å². The van der Waals surface area contributed by atoms with Gasteiger partial charge in [0, 0.05) is 6.42 Å². The number of hydrogen-bond acceptors (Lipinski definition) is 3. The summed E-state index contributed by atoms with van der Waals surface area (Å²) in [5.74, 6) is -0.0790. The van der Waals surface area contributed by atoms with Crippen LogP contribution in [0.1, 0.15) is 239 Å². The third-order valence-electron chi connectivity index (χ3n) is 11.1. The number of allylic oxidation sites excluding steroid dienone is 13. The summed E-state index contributed by atoms with van der Waals surface area (Å²) in [6.45, 7) is 4.17. The van der Waals surface area contributed by atoms with Gasteiger partial charge in [0.15, 0.2) is 0 Å². The van der Waals surface area contributed by atoms with Crippen molar-refractivity contribution in [3.63, 3.8) is 0 Å². The first-order valence-electron chi connectivity index (χ1n) is 25.3. The number of nitrogens with one attached hydrogen (secondary N) is 1. The maximum absolute atomic E-state index is 12.4. The molecule has 340 valence electrons. The van der Waals surface area contributed by atoms with E-state index in [9.17, 15) is 15.0 Å². The van der Waals surface area contributed by atoms with Crippen LogP contribution in [0, 0.1) is 0 Å². The van der Waals surface area contributed by atoms with E-state index in [4.69, 9.17) is 0 Å². The molecule has 0 bridgehead atoms. The molecule has 2 atom stereocenters. The van der Waals surface area contributed by atoms with E-state index in [2.05, 4.69) is 92.1 Å². The van der Waals surface area contributed by atoms with Gasteiger partial charge in [-0.25, -0.2) is 0 Å². The van der Waals surface area contributed by atoms with Gasteiger partial charge in [-0.2, -0.15) is 0 Å². The topological polar surface area (TPSA) is 69.6 Å². The molecule has 0 fully saturated rings. The summed E-state index contributed by atoms with van der Waals surface area (Å²) < 4.78 is 0. The van der Waals surface area contributed by atoms with E-state index in [-0.39, 0.29) is 12.5 Å². The molecule has 0 aliphatic heterocycles. The molecule has 4 heteroatoms. The summed E-state index contributed by atoms with van der Waals surface area (Å²) in [6, 6.07) is -0.648. The predicted octanol–water partition coefficient (Wildman–Crippen LogP) is 16.4. The van der Waals surface area contributed by atoms with Crippen molar-refractivity contribution >= 4 is 5.91 Å². The molecule has 0 heterocycles. The third-order valence-corrected chi connectivity index (χ3v) is 11.1. The van der Waals surface area contributed by atoms with Crippen molar-refractivity contribution in [2.24, 2.45) is 0 Å². The number of carbonyl (C=O) groups excluding carboxylic acids is 1. The fraction of sp³-hybridized carbons (Fsp3) is 0.727. The zero-order chi connectivity index (χ0) is 42.8. The highest BCUT2D eigenvalue weighted by atomic mass is 16.3. The van der Waals surface area contributed by atoms with E-state index in [1.807, 2.05) is 6.08 Å². The number of carbonyl (C=O) groups is 1. The van der Waals surface area contributed by atoms with Gasteiger partial charge in [-0.3, -0.25) is 4.79 Å². The van der Waals surface area contributed by atoms with E-state index in [1.165, 1.54) is 154 Å². The van der Waals surface area contributed by atoms with Crippen LogP contribution >= 0.6 is 0 Å². The molecule has 3 N–H and O–H groups in total. The average Bonchev–Trinajstić information content (AvgIpc) is 3.24. The molecule has 0 aliphatic rings. The first kappa shape index (κ1) is 56.6. The smallest absolute Gasteiger partial charge is 0.220 e. The van der Waals surface area contributed by atoms with Crippen molar-refractivity contribution in [2.75, 3.05) is 6.61 Å². The van der Waals surface area contributed by atoms with Gasteiger partial charge in [-0.05, 0) is 83.5 Å². The normalized spacial score (nSPS) is 13.6. The van der Waals surface area contributed by atoms with Crippen molar-refractivity contribution in [3.8, 4) is 0 Å². The highest BCUT2D eigenvalue weighted by Gasteiger charge is 2.17. The Morgan fingerprint density at radius 2 is 0.763 bits per heavy atom. The fourth-order valence-corrected chi connectivity index (χ4v) is 7.26. The Bertz CT molecular complexity index is 1070. The first-order chi connectivity index (χ1) is 29.2. The van der Waals surface area contributed by atoms with Crippen LogP contribution in [0.15, 0.2) is 85.1 Å². The lowest BCUT2D eigenvalue weighted by Gasteiger charge is -2.19. The van der Waals surface area contributed by atoms with Crippen LogP contribution in [-0.2, 0) is 4.79 Å². The second-order valence-electron chi connectivity index (χ2n) is 16.8. The highest BCUT2D eigenvalue weighted by molar-refractivity contribution is 5.76. The minimum Gasteiger partial charge on any atom is -0.394 e. The largest absolute Gasteiger partial charge is 0.394 e. The number of aliphatic hydroxyl groups excluding tert-OH is 2. The average molecular weight is 820 g/mol. The molecule has 0 aromatic heterocycles. The molecule has 59 heavy (non-hydrogen) atoms. The van der Waals surface area contributed by atoms with Crippen molar-refractivity contribution < 1.29 is 15.0 Å². The lowest BCUT2D eigenvalue weighted by atomic mass is 10.0. The number of aliphatic hydroxyl groups is 2. The van der Waals surface area contributed by atoms with E-state index < -0.39 is 12.1 Å². The third kappa shape index (κ3) is 46.5. The Kier molecular flexibility index (Phi) is 47.9. The van der Waals surface area contributed by atoms with Crippen LogP contribution in [0.5, 0.6) is 0 Å². The standard InChI is InChI=1S/C55H97NO3/c1-3-5-7-9-11-13-15-17-19-21-22-23-24-25-26-27-28-29-30-31-32-33-34-35-37-39-41-43-45-47-49-51-55(59)56-53(52-57)54(58)50-48-46-44-42-40-38-36-20-18-16-14-12-10-8-6-4-2/h5,7,11,13,17-20,22-23,40,42,48,50,53-54,57-58H,3-4,6,8-10,12,14-16,21,24-39,41,43-47,49,51-52H2,1-2H3,(H,56,59)/b7-5-,13-11-,19-17-,20-18+,23-22-,42-40+,50-48+. The highest BCUT2D eigenvalue weighted by Crippen LogP contribution is 2.15. The molecule has 2 unspecified atom stereocenters. The zero-order valence-corrected chi connectivity index (χ0v) is 39.0. The Labute approximate surface area is 367 Å². The SMILES string of the molecule is CC/C=C\C/C=C\C/C=C\C/C=C\CCCCCCCCCCCCCCCCCCCCC(=O)NC(CO)C(O)/C=C/CC/C=C/CC/C=C/CCCCCCCC. The molecule has 0 saturated heterocycles. The Morgan fingerprint density at radius 3 is 1.19 bits per heavy atom. The van der Waals surface area contributed by atoms with Gasteiger partial charge in [0.2, 0.25) is 5.91 Å². The van der Waals surface area contributed by atoms with Crippen molar-refractivity contribution in [1.29, 1.82) is 0 Å². The van der Waals surface area contributed by atoms with E-state index in [0.717, 1.165) is 64.2 Å². The van der Waals surface area contributed by atoms with Crippen LogP contribution in [0.2, 0.25) is 0 Å². The molecule has 0 spiro atoms. The quantitative estimate of drug-likeness (QED) is 0.0423. The van der Waals surface area contributed by atoms with Gasteiger partial charge in [0.05, 0.1) is 18.8 Å². The fourth-order valence-electron chi connectivity index (χ4n) is 7.26. The molecule has 0 radical (unpaired) electrons.